The third kappa shape index (κ3) is 6.46. The minimum atomic E-state index is -0.738. The molecule has 0 spiro atoms. The van der Waals surface area contributed by atoms with Crippen molar-refractivity contribution in [1.29, 1.82) is 0 Å². The van der Waals surface area contributed by atoms with Gasteiger partial charge in [-0.2, -0.15) is 0 Å². The van der Waals surface area contributed by atoms with Crippen molar-refractivity contribution in [3.05, 3.63) is 27.8 Å². The van der Waals surface area contributed by atoms with E-state index in [0.29, 0.717) is 12.2 Å². The number of hydrogen-bond acceptors (Lipinski definition) is 4. The first-order valence-electron chi connectivity index (χ1n) is 8.43. The van der Waals surface area contributed by atoms with E-state index in [-0.39, 0.29) is 11.3 Å². The van der Waals surface area contributed by atoms with Gasteiger partial charge in [-0.15, -0.1) is 0 Å². The van der Waals surface area contributed by atoms with Crippen LogP contribution in [0.2, 0.25) is 0 Å². The van der Waals surface area contributed by atoms with Gasteiger partial charge in [-0.1, -0.05) is 58.3 Å². The number of unbranched alkanes of at least 4 members (excludes halogenated alkanes) is 8. The molecule has 124 valence electrons. The molecule has 0 bridgehead atoms. The number of rotatable bonds is 11. The number of carbonyl (C=O) groups is 1. The van der Waals surface area contributed by atoms with Crippen molar-refractivity contribution in [2.75, 3.05) is 0 Å². The Morgan fingerprint density at radius 2 is 1.59 bits per heavy atom. The van der Waals surface area contributed by atoms with Gasteiger partial charge in [0.1, 0.15) is 17.1 Å². The van der Waals surface area contributed by atoms with E-state index in [4.69, 9.17) is 4.42 Å². The topological polar surface area (TPSA) is 67.5 Å². The Bertz CT molecular complexity index is 516. The Morgan fingerprint density at radius 1 is 1.05 bits per heavy atom. The molecule has 1 heterocycles. The summed E-state index contributed by atoms with van der Waals surface area (Å²) in [5.41, 5.74) is -0.991. The van der Waals surface area contributed by atoms with Crippen LogP contribution >= 0.6 is 0 Å². The van der Waals surface area contributed by atoms with Gasteiger partial charge in [0.15, 0.2) is 5.78 Å². The summed E-state index contributed by atoms with van der Waals surface area (Å²) in [5.74, 6) is -0.286. The normalized spacial score (nSPS) is 10.8. The zero-order valence-corrected chi connectivity index (χ0v) is 13.8. The number of aryl methyl sites for hydroxylation is 1. The molecule has 0 aliphatic heterocycles. The first-order chi connectivity index (χ1) is 10.6. The van der Waals surface area contributed by atoms with Gasteiger partial charge in [0.2, 0.25) is 0 Å². The van der Waals surface area contributed by atoms with E-state index in [9.17, 15) is 14.7 Å². The van der Waals surface area contributed by atoms with Crippen LogP contribution in [-0.2, 0) is 6.42 Å². The average Bonchev–Trinajstić information content (AvgIpc) is 2.44. The number of aromatic hydroxyl groups is 1. The van der Waals surface area contributed by atoms with Crippen LogP contribution in [0.15, 0.2) is 15.3 Å². The maximum absolute atomic E-state index is 11.6. The van der Waals surface area contributed by atoms with Gasteiger partial charge in [-0.25, -0.2) is 4.79 Å². The molecule has 0 unspecified atom stereocenters. The summed E-state index contributed by atoms with van der Waals surface area (Å²) < 4.78 is 5.09. The van der Waals surface area contributed by atoms with E-state index in [1.807, 2.05) is 0 Å². The van der Waals surface area contributed by atoms with Crippen LogP contribution in [0.5, 0.6) is 5.75 Å². The number of ketones is 1. The molecule has 0 amide bonds. The molecule has 0 radical (unpaired) electrons. The van der Waals surface area contributed by atoms with Gasteiger partial charge < -0.3 is 9.52 Å². The van der Waals surface area contributed by atoms with E-state index in [1.54, 1.807) is 0 Å². The summed E-state index contributed by atoms with van der Waals surface area (Å²) in [6.45, 7) is 3.46. The molecule has 1 aromatic heterocycles. The molecule has 1 N–H and O–H groups in total. The molecule has 22 heavy (non-hydrogen) atoms. The lowest BCUT2D eigenvalue weighted by molar-refractivity contribution is 0.101. The van der Waals surface area contributed by atoms with Gasteiger partial charge in [0.05, 0.1) is 0 Å². The smallest absolute Gasteiger partial charge is 0.350 e. The Hall–Kier alpha value is -1.58. The van der Waals surface area contributed by atoms with Crippen molar-refractivity contribution >= 4 is 5.78 Å². The van der Waals surface area contributed by atoms with E-state index >= 15 is 0 Å². The predicted octanol–water partition coefficient (Wildman–Crippen LogP) is 4.62. The molecule has 0 aliphatic rings. The van der Waals surface area contributed by atoms with E-state index in [2.05, 4.69) is 6.92 Å². The zero-order valence-electron chi connectivity index (χ0n) is 13.8. The molecule has 0 atom stereocenters. The van der Waals surface area contributed by atoms with Gasteiger partial charge in [-0.05, 0) is 13.3 Å². The summed E-state index contributed by atoms with van der Waals surface area (Å²) in [6, 6.07) is 1.39. The second-order valence-corrected chi connectivity index (χ2v) is 5.90. The van der Waals surface area contributed by atoms with Crippen molar-refractivity contribution in [2.24, 2.45) is 0 Å². The van der Waals surface area contributed by atoms with Crippen LogP contribution in [0.4, 0.5) is 0 Å². The first-order valence-corrected chi connectivity index (χ1v) is 8.43. The fraction of sp³-hybridized carbons (Fsp3) is 0.667. The first kappa shape index (κ1) is 18.5. The fourth-order valence-corrected chi connectivity index (χ4v) is 2.59. The Labute approximate surface area is 132 Å². The lowest BCUT2D eigenvalue weighted by Gasteiger charge is -2.04. The summed E-state index contributed by atoms with van der Waals surface area (Å²) in [7, 11) is 0. The monoisotopic (exact) mass is 308 g/mol. The minimum Gasteiger partial charge on any atom is -0.507 e. The molecular formula is C18H28O4. The SMILES string of the molecule is CCCCCCCCCCCc1cc(O)c(C(C)=O)c(=O)o1. The Balaban J connectivity index is 2.26. The van der Waals surface area contributed by atoms with E-state index < -0.39 is 11.4 Å². The second kappa shape index (κ2) is 10.2. The van der Waals surface area contributed by atoms with Crippen LogP contribution in [0, 0.1) is 0 Å². The largest absolute Gasteiger partial charge is 0.507 e. The molecular weight excluding hydrogens is 280 g/mol. The van der Waals surface area contributed by atoms with Crippen LogP contribution in [0.3, 0.4) is 0 Å². The van der Waals surface area contributed by atoms with E-state index in [0.717, 1.165) is 12.8 Å². The zero-order chi connectivity index (χ0) is 16.4. The van der Waals surface area contributed by atoms with Gasteiger partial charge in [0, 0.05) is 12.5 Å². The maximum Gasteiger partial charge on any atom is 0.350 e. The van der Waals surface area contributed by atoms with Gasteiger partial charge >= 0.3 is 5.63 Å². The number of carbonyl (C=O) groups excluding carboxylic acids is 1. The minimum absolute atomic E-state index is 0.254. The van der Waals surface area contributed by atoms with Crippen LogP contribution in [0.25, 0.3) is 0 Å². The molecule has 0 aromatic carbocycles. The van der Waals surface area contributed by atoms with Crippen molar-refractivity contribution < 1.29 is 14.3 Å². The summed E-state index contributed by atoms with van der Waals surface area (Å²) in [5, 5.41) is 9.71. The van der Waals surface area contributed by atoms with Crippen molar-refractivity contribution in [1.82, 2.24) is 0 Å². The van der Waals surface area contributed by atoms with Crippen LogP contribution in [0.1, 0.15) is 87.8 Å². The molecule has 1 aromatic rings. The summed E-state index contributed by atoms with van der Waals surface area (Å²) in [6.07, 6.45) is 11.6. The quantitative estimate of drug-likeness (QED) is 0.478. The van der Waals surface area contributed by atoms with Gasteiger partial charge in [-0.3, -0.25) is 4.79 Å². The molecule has 0 saturated heterocycles. The Morgan fingerprint density at radius 3 is 2.09 bits per heavy atom. The lowest BCUT2D eigenvalue weighted by atomic mass is 10.1. The molecule has 1 rings (SSSR count). The molecule has 4 heteroatoms. The lowest BCUT2D eigenvalue weighted by Crippen LogP contribution is -2.12. The summed E-state index contributed by atoms with van der Waals surface area (Å²) >= 11 is 0. The van der Waals surface area contributed by atoms with Crippen molar-refractivity contribution in [3.63, 3.8) is 0 Å². The second-order valence-electron chi connectivity index (χ2n) is 5.90. The van der Waals surface area contributed by atoms with Crippen molar-refractivity contribution in [2.45, 2.75) is 78.1 Å². The highest BCUT2D eigenvalue weighted by Gasteiger charge is 2.14. The van der Waals surface area contributed by atoms with Crippen molar-refractivity contribution in [3.8, 4) is 5.75 Å². The van der Waals surface area contributed by atoms with E-state index in [1.165, 1.54) is 57.9 Å². The molecule has 0 fully saturated rings. The molecule has 0 aliphatic carbocycles. The van der Waals surface area contributed by atoms with Crippen LogP contribution < -0.4 is 5.63 Å². The third-order valence-electron chi connectivity index (χ3n) is 3.86. The highest BCUT2D eigenvalue weighted by Crippen LogP contribution is 2.17. The highest BCUT2D eigenvalue weighted by molar-refractivity contribution is 5.96. The number of hydrogen-bond donors (Lipinski definition) is 1. The third-order valence-corrected chi connectivity index (χ3v) is 3.86. The maximum atomic E-state index is 11.6. The average molecular weight is 308 g/mol. The molecule has 4 nitrogen and oxygen atoms in total. The summed E-state index contributed by atoms with van der Waals surface area (Å²) in [4.78, 5) is 22.8. The van der Waals surface area contributed by atoms with Gasteiger partial charge in [0.25, 0.3) is 0 Å². The number of Topliss-reactive ketones (excluding diaryl/α,β-unsaturated/α-hetero) is 1. The standard InChI is InChI=1S/C18H28O4/c1-3-4-5-6-7-8-9-10-11-12-15-13-16(20)17(14(2)19)18(21)22-15/h13,20H,3-12H2,1-2H3. The fourth-order valence-electron chi connectivity index (χ4n) is 2.59. The van der Waals surface area contributed by atoms with Crippen LogP contribution in [-0.4, -0.2) is 10.9 Å². The Kier molecular flexibility index (Phi) is 8.56. The highest BCUT2D eigenvalue weighted by atomic mass is 16.4. The predicted molar refractivity (Wildman–Crippen MR) is 87.6 cm³/mol. The molecule has 0 saturated carbocycles.